The first-order valence-corrected chi connectivity index (χ1v) is 14.5. The number of ether oxygens (including phenoxy) is 2. The standard InChI is InChI=1S/C22H14F3I3O7S/c1-21(22(23,24)25,10-36(31,32)33)35-20(30)14-5-3-11-6-13(4-2-12(11)7-14)19(29)34-18-16(27)8-15(26)9-17(18)28/h2-9H,10H2,1H3,(H,31,32,33). The second-order valence-corrected chi connectivity index (χ2v) is 12.7. The van der Waals surface area contributed by atoms with Crippen molar-refractivity contribution in [3.8, 4) is 5.75 Å². The normalized spacial score (nSPS) is 13.8. The van der Waals surface area contributed by atoms with E-state index in [2.05, 4.69) is 72.5 Å². The first-order valence-electron chi connectivity index (χ1n) is 9.65. The van der Waals surface area contributed by atoms with Gasteiger partial charge in [-0.3, -0.25) is 4.55 Å². The minimum atomic E-state index is -5.27. The highest BCUT2D eigenvalue weighted by Crippen LogP contribution is 2.36. The van der Waals surface area contributed by atoms with Gasteiger partial charge in [0, 0.05) is 3.57 Å². The third-order valence-corrected chi connectivity index (χ3v) is 7.99. The molecule has 0 heterocycles. The fourth-order valence-corrected chi connectivity index (χ4v) is 7.78. The lowest BCUT2D eigenvalue weighted by Gasteiger charge is -2.30. The summed E-state index contributed by atoms with van der Waals surface area (Å²) in [6.45, 7) is 0.355. The number of hydrogen-bond donors (Lipinski definition) is 1. The van der Waals surface area contributed by atoms with Gasteiger partial charge in [-0.2, -0.15) is 21.6 Å². The Kier molecular flexibility index (Phi) is 8.84. The summed E-state index contributed by atoms with van der Waals surface area (Å²) in [6, 6.07) is 11.9. The van der Waals surface area contributed by atoms with E-state index in [-0.39, 0.29) is 11.1 Å². The molecule has 192 valence electrons. The average Bonchev–Trinajstić information content (AvgIpc) is 2.73. The molecule has 1 unspecified atom stereocenters. The molecule has 0 aliphatic rings. The maximum atomic E-state index is 13.4. The molecule has 36 heavy (non-hydrogen) atoms. The predicted octanol–water partition coefficient (Wildman–Crippen LogP) is 6.24. The van der Waals surface area contributed by atoms with E-state index in [1.54, 1.807) is 0 Å². The predicted molar refractivity (Wildman–Crippen MR) is 150 cm³/mol. The molecular formula is C22H14F3I3O7S. The maximum absolute atomic E-state index is 13.4. The largest absolute Gasteiger partial charge is 0.445 e. The van der Waals surface area contributed by atoms with E-state index < -0.39 is 39.6 Å². The summed E-state index contributed by atoms with van der Waals surface area (Å²) < 4.78 is 83.8. The van der Waals surface area contributed by atoms with Crippen molar-refractivity contribution in [1.82, 2.24) is 0 Å². The van der Waals surface area contributed by atoms with E-state index in [0.717, 1.165) is 10.7 Å². The monoisotopic (exact) mass is 860 g/mol. The number of benzene rings is 3. The molecule has 14 heteroatoms. The molecule has 0 radical (unpaired) electrons. The Hall–Kier alpha value is -1.25. The Balaban J connectivity index is 1.86. The summed E-state index contributed by atoms with van der Waals surface area (Å²) >= 11 is 6.27. The molecular weight excluding hydrogens is 846 g/mol. The molecule has 0 amide bonds. The Labute approximate surface area is 244 Å². The quantitative estimate of drug-likeness (QED) is 0.136. The number of fused-ring (bicyclic) bond motifs is 1. The van der Waals surface area contributed by atoms with Gasteiger partial charge in [0.1, 0.15) is 5.75 Å². The van der Waals surface area contributed by atoms with Crippen LogP contribution in [0.1, 0.15) is 27.6 Å². The molecule has 0 aromatic heterocycles. The second kappa shape index (κ2) is 10.9. The number of esters is 2. The first-order chi connectivity index (χ1) is 16.5. The van der Waals surface area contributed by atoms with Crippen LogP contribution in [0.15, 0.2) is 48.5 Å². The summed E-state index contributed by atoms with van der Waals surface area (Å²) in [4.78, 5) is 25.1. The van der Waals surface area contributed by atoms with Gasteiger partial charge < -0.3 is 9.47 Å². The lowest BCUT2D eigenvalue weighted by Crippen LogP contribution is -2.51. The van der Waals surface area contributed by atoms with Gasteiger partial charge >= 0.3 is 18.1 Å². The van der Waals surface area contributed by atoms with Crippen LogP contribution in [0.3, 0.4) is 0 Å². The molecule has 3 aromatic rings. The minimum Gasteiger partial charge on any atom is -0.445 e. The summed E-state index contributed by atoms with van der Waals surface area (Å²) in [5.74, 6) is -3.50. The molecule has 0 spiro atoms. The number of alkyl halides is 3. The molecule has 0 saturated carbocycles. The van der Waals surface area contributed by atoms with Gasteiger partial charge in [0.15, 0.2) is 5.75 Å². The Morgan fingerprint density at radius 1 is 0.889 bits per heavy atom. The van der Waals surface area contributed by atoms with Gasteiger partial charge in [-0.1, -0.05) is 12.1 Å². The van der Waals surface area contributed by atoms with Gasteiger partial charge in [-0.05, 0) is 122 Å². The van der Waals surface area contributed by atoms with Crippen LogP contribution in [-0.2, 0) is 14.9 Å². The third-order valence-electron chi connectivity index (χ3n) is 4.84. The minimum absolute atomic E-state index is 0.209. The van der Waals surface area contributed by atoms with Crippen molar-refractivity contribution >= 4 is 101 Å². The zero-order valence-electron chi connectivity index (χ0n) is 17.9. The van der Waals surface area contributed by atoms with E-state index in [9.17, 15) is 31.2 Å². The lowest BCUT2D eigenvalue weighted by molar-refractivity contribution is -0.243. The zero-order chi connectivity index (χ0) is 27.1. The molecule has 0 saturated heterocycles. The number of carbonyl (C=O) groups excluding carboxylic acids is 2. The van der Waals surface area contributed by atoms with Crippen LogP contribution in [0.2, 0.25) is 0 Å². The van der Waals surface area contributed by atoms with Crippen LogP contribution >= 0.6 is 67.8 Å². The van der Waals surface area contributed by atoms with Crippen molar-refractivity contribution in [3.05, 3.63) is 70.4 Å². The van der Waals surface area contributed by atoms with Gasteiger partial charge in [0.05, 0.1) is 18.3 Å². The highest BCUT2D eigenvalue weighted by atomic mass is 127. The number of hydrogen-bond acceptors (Lipinski definition) is 6. The van der Waals surface area contributed by atoms with Gasteiger partial charge in [0.2, 0.25) is 5.60 Å². The van der Waals surface area contributed by atoms with Crippen LogP contribution in [0, 0.1) is 10.7 Å². The van der Waals surface area contributed by atoms with Crippen molar-refractivity contribution in [2.75, 3.05) is 5.75 Å². The van der Waals surface area contributed by atoms with Crippen LogP contribution in [0.4, 0.5) is 13.2 Å². The summed E-state index contributed by atoms with van der Waals surface area (Å²) in [6.07, 6.45) is -5.27. The van der Waals surface area contributed by atoms with Crippen molar-refractivity contribution in [2.45, 2.75) is 18.7 Å². The van der Waals surface area contributed by atoms with E-state index >= 15 is 0 Å². The van der Waals surface area contributed by atoms with Crippen molar-refractivity contribution < 1.29 is 45.2 Å². The first kappa shape index (κ1) is 29.3. The van der Waals surface area contributed by atoms with Gasteiger partial charge in [-0.25, -0.2) is 9.59 Å². The molecule has 0 aliphatic carbocycles. The molecule has 1 atom stereocenters. The van der Waals surface area contributed by atoms with Crippen molar-refractivity contribution in [3.63, 3.8) is 0 Å². The van der Waals surface area contributed by atoms with Gasteiger partial charge in [-0.15, -0.1) is 0 Å². The zero-order valence-corrected chi connectivity index (χ0v) is 25.2. The van der Waals surface area contributed by atoms with Crippen LogP contribution < -0.4 is 4.74 Å². The lowest BCUT2D eigenvalue weighted by atomic mass is 10.0. The molecule has 7 nitrogen and oxygen atoms in total. The highest BCUT2D eigenvalue weighted by Gasteiger charge is 2.57. The molecule has 0 aliphatic heterocycles. The Morgan fingerprint density at radius 2 is 1.36 bits per heavy atom. The second-order valence-electron chi connectivity index (χ2n) is 7.71. The summed E-state index contributed by atoms with van der Waals surface area (Å²) in [5.41, 5.74) is -3.54. The van der Waals surface area contributed by atoms with Crippen molar-refractivity contribution in [2.24, 2.45) is 0 Å². The maximum Gasteiger partial charge on any atom is 0.429 e. The van der Waals surface area contributed by atoms with E-state index in [1.807, 2.05) is 12.1 Å². The fourth-order valence-electron chi connectivity index (χ4n) is 3.06. The smallest absolute Gasteiger partial charge is 0.429 e. The Morgan fingerprint density at radius 3 is 1.81 bits per heavy atom. The van der Waals surface area contributed by atoms with E-state index in [0.29, 0.717) is 23.4 Å². The van der Waals surface area contributed by atoms with Crippen LogP contribution in [0.25, 0.3) is 10.8 Å². The van der Waals surface area contributed by atoms with Crippen LogP contribution in [-0.4, -0.2) is 42.4 Å². The highest BCUT2D eigenvalue weighted by molar-refractivity contribution is 14.1. The Bertz CT molecular complexity index is 1450. The molecule has 0 bridgehead atoms. The molecule has 3 rings (SSSR count). The average molecular weight is 860 g/mol. The molecule has 3 aromatic carbocycles. The summed E-state index contributed by atoms with van der Waals surface area (Å²) in [7, 11) is -5.11. The third kappa shape index (κ3) is 6.98. The molecule has 0 fully saturated rings. The number of rotatable bonds is 6. The molecule has 1 N–H and O–H groups in total. The van der Waals surface area contributed by atoms with Crippen LogP contribution in [0.5, 0.6) is 5.75 Å². The number of carbonyl (C=O) groups is 2. The fraction of sp³-hybridized carbons (Fsp3) is 0.182. The SMILES string of the molecule is CC(CS(=O)(=O)O)(OC(=O)c1ccc2cc(C(=O)Oc3c(I)cc(I)cc3I)ccc2c1)C(F)(F)F. The van der Waals surface area contributed by atoms with E-state index in [4.69, 9.17) is 9.29 Å². The summed E-state index contributed by atoms with van der Waals surface area (Å²) in [5, 5.41) is 0.896. The van der Waals surface area contributed by atoms with E-state index in [1.165, 1.54) is 36.4 Å². The topological polar surface area (TPSA) is 107 Å². The van der Waals surface area contributed by atoms with Crippen molar-refractivity contribution in [1.29, 1.82) is 0 Å². The number of halogens is 6. The van der Waals surface area contributed by atoms with Gasteiger partial charge in [0.25, 0.3) is 10.1 Å².